The van der Waals surface area contributed by atoms with Crippen LogP contribution in [-0.4, -0.2) is 11.5 Å². The van der Waals surface area contributed by atoms with E-state index in [-0.39, 0.29) is 5.78 Å². The molecule has 0 aliphatic carbocycles. The van der Waals surface area contributed by atoms with E-state index < -0.39 is 0 Å². The van der Waals surface area contributed by atoms with Gasteiger partial charge in [-0.05, 0) is 45.0 Å². The number of nitrogens with one attached hydrogen (secondary N) is 1. The van der Waals surface area contributed by atoms with Gasteiger partial charge in [0.05, 0.1) is 0 Å². The minimum atomic E-state index is 0.0491. The average Bonchev–Trinajstić information content (AvgIpc) is 2.48. The standard InChI is InChI=1S/C16H16N2OS.C3H4/c1-10(17)13-8-7-12(9-15(13)18)20-16-6-4-3-5-14(16)11(2)19;1-3-2/h3-9,17H,18H2,1-2H3;1H,2H3. The molecule has 0 fully saturated rings. The molecule has 0 atom stereocenters. The van der Waals surface area contributed by atoms with Gasteiger partial charge in [0.1, 0.15) is 0 Å². The van der Waals surface area contributed by atoms with Crippen molar-refractivity contribution in [2.24, 2.45) is 0 Å². The highest BCUT2D eigenvalue weighted by atomic mass is 32.2. The maximum atomic E-state index is 11.6. The summed E-state index contributed by atoms with van der Waals surface area (Å²) in [6.45, 7) is 4.93. The summed E-state index contributed by atoms with van der Waals surface area (Å²) in [6, 6.07) is 13.1. The van der Waals surface area contributed by atoms with E-state index in [0.29, 0.717) is 17.0 Å². The Balaban J connectivity index is 0.000000816. The maximum absolute atomic E-state index is 11.6. The van der Waals surface area contributed by atoms with E-state index in [9.17, 15) is 4.79 Å². The van der Waals surface area contributed by atoms with Gasteiger partial charge in [-0.25, -0.2) is 0 Å². The zero-order chi connectivity index (χ0) is 17.4. The molecule has 3 nitrogen and oxygen atoms in total. The Bertz CT molecular complexity index is 760. The minimum Gasteiger partial charge on any atom is -0.398 e. The van der Waals surface area contributed by atoms with E-state index in [1.54, 1.807) is 20.8 Å². The van der Waals surface area contributed by atoms with Gasteiger partial charge in [-0.1, -0.05) is 30.0 Å². The third kappa shape index (κ3) is 5.32. The fraction of sp³-hybridized carbons (Fsp3) is 0.158. The summed E-state index contributed by atoms with van der Waals surface area (Å²) in [5.41, 5.74) is 8.44. The first-order valence-corrected chi connectivity index (χ1v) is 7.82. The summed E-state index contributed by atoms with van der Waals surface area (Å²) in [4.78, 5) is 13.5. The van der Waals surface area contributed by atoms with Crippen molar-refractivity contribution in [3.8, 4) is 12.3 Å². The lowest BCUT2D eigenvalue weighted by atomic mass is 10.1. The first kappa shape index (κ1) is 18.5. The number of carbonyl (C=O) groups excluding carboxylic acids is 1. The molecule has 0 bridgehead atoms. The molecular formula is C19H20N2OS. The number of carbonyl (C=O) groups is 1. The molecule has 0 radical (unpaired) electrons. The van der Waals surface area contributed by atoms with Crippen LogP contribution < -0.4 is 5.73 Å². The first-order valence-electron chi connectivity index (χ1n) is 7.01. The van der Waals surface area contributed by atoms with Gasteiger partial charge in [-0.15, -0.1) is 12.3 Å². The van der Waals surface area contributed by atoms with Gasteiger partial charge in [-0.2, -0.15) is 0 Å². The van der Waals surface area contributed by atoms with Crippen LogP contribution in [0.2, 0.25) is 0 Å². The van der Waals surface area contributed by atoms with E-state index in [4.69, 9.17) is 11.1 Å². The Labute approximate surface area is 141 Å². The van der Waals surface area contributed by atoms with Gasteiger partial charge in [-0.3, -0.25) is 4.79 Å². The third-order valence-electron chi connectivity index (χ3n) is 2.92. The molecule has 2 aromatic carbocycles. The van der Waals surface area contributed by atoms with Crippen LogP contribution >= 0.6 is 11.8 Å². The van der Waals surface area contributed by atoms with Gasteiger partial charge < -0.3 is 11.1 Å². The van der Waals surface area contributed by atoms with Crippen LogP contribution in [0.5, 0.6) is 0 Å². The Morgan fingerprint density at radius 1 is 1.17 bits per heavy atom. The lowest BCUT2D eigenvalue weighted by Gasteiger charge is -2.09. The molecule has 0 unspecified atom stereocenters. The van der Waals surface area contributed by atoms with Gasteiger partial charge >= 0.3 is 0 Å². The van der Waals surface area contributed by atoms with Crippen molar-refractivity contribution in [3.05, 3.63) is 53.6 Å². The normalized spacial score (nSPS) is 9.30. The number of terminal acetylenes is 1. The van der Waals surface area contributed by atoms with Crippen molar-refractivity contribution in [2.75, 3.05) is 5.73 Å². The summed E-state index contributed by atoms with van der Waals surface area (Å²) >= 11 is 1.51. The quantitative estimate of drug-likeness (QED) is 0.372. The number of benzene rings is 2. The zero-order valence-electron chi connectivity index (χ0n) is 13.5. The number of nitrogens with two attached hydrogens (primary N) is 1. The molecule has 0 saturated carbocycles. The molecule has 2 rings (SSSR count). The van der Waals surface area contributed by atoms with Gasteiger partial charge in [0, 0.05) is 32.3 Å². The van der Waals surface area contributed by atoms with Gasteiger partial charge in [0.2, 0.25) is 0 Å². The number of rotatable bonds is 4. The van der Waals surface area contributed by atoms with Crippen molar-refractivity contribution in [2.45, 2.75) is 30.6 Å². The molecular weight excluding hydrogens is 304 g/mol. The second kappa shape index (κ2) is 8.82. The van der Waals surface area contributed by atoms with Crippen LogP contribution in [0.3, 0.4) is 0 Å². The lowest BCUT2D eigenvalue weighted by molar-refractivity contribution is 0.101. The maximum Gasteiger partial charge on any atom is 0.160 e. The van der Waals surface area contributed by atoms with E-state index in [1.165, 1.54) is 11.8 Å². The van der Waals surface area contributed by atoms with Crippen molar-refractivity contribution in [1.29, 1.82) is 5.41 Å². The average molecular weight is 324 g/mol. The second-order valence-electron chi connectivity index (χ2n) is 4.82. The van der Waals surface area contributed by atoms with Crippen LogP contribution in [0, 0.1) is 17.8 Å². The number of ketones is 1. The Kier molecular flexibility index (Phi) is 7.11. The third-order valence-corrected chi connectivity index (χ3v) is 3.99. The minimum absolute atomic E-state index is 0.0491. The van der Waals surface area contributed by atoms with Gasteiger partial charge in [0.15, 0.2) is 5.78 Å². The van der Waals surface area contributed by atoms with Crippen LogP contribution in [0.15, 0.2) is 52.3 Å². The number of hydrogen-bond donors (Lipinski definition) is 2. The number of hydrogen-bond acceptors (Lipinski definition) is 4. The largest absolute Gasteiger partial charge is 0.398 e. The Morgan fingerprint density at radius 2 is 1.78 bits per heavy atom. The topological polar surface area (TPSA) is 66.9 Å². The van der Waals surface area contributed by atoms with Crippen LogP contribution in [0.25, 0.3) is 0 Å². The molecule has 118 valence electrons. The van der Waals surface area contributed by atoms with E-state index >= 15 is 0 Å². The molecule has 0 aliphatic heterocycles. The monoisotopic (exact) mass is 324 g/mol. The predicted molar refractivity (Wildman–Crippen MR) is 98.4 cm³/mol. The SMILES string of the molecule is C#CC.CC(=N)c1ccc(Sc2ccccc2C(C)=O)cc1N. The van der Waals surface area contributed by atoms with Crippen molar-refractivity contribution >= 4 is 28.9 Å². The van der Waals surface area contributed by atoms with E-state index in [1.807, 2.05) is 42.5 Å². The molecule has 0 heterocycles. The van der Waals surface area contributed by atoms with Gasteiger partial charge in [0.25, 0.3) is 0 Å². The van der Waals surface area contributed by atoms with Crippen molar-refractivity contribution in [1.82, 2.24) is 0 Å². The molecule has 2 aromatic rings. The Morgan fingerprint density at radius 3 is 2.30 bits per heavy atom. The van der Waals surface area contributed by atoms with Crippen molar-refractivity contribution < 1.29 is 4.79 Å². The highest BCUT2D eigenvalue weighted by Crippen LogP contribution is 2.32. The fourth-order valence-corrected chi connectivity index (χ4v) is 2.96. The molecule has 3 N–H and O–H groups in total. The predicted octanol–water partition coefficient (Wildman–Crippen LogP) is 4.65. The number of anilines is 1. The van der Waals surface area contributed by atoms with Crippen LogP contribution in [0.4, 0.5) is 5.69 Å². The first-order chi connectivity index (χ1) is 10.9. The van der Waals surface area contributed by atoms with E-state index in [0.717, 1.165) is 15.4 Å². The highest BCUT2D eigenvalue weighted by molar-refractivity contribution is 7.99. The number of nitrogen functional groups attached to an aromatic ring is 1. The molecule has 0 saturated heterocycles. The summed E-state index contributed by atoms with van der Waals surface area (Å²) in [7, 11) is 0. The molecule has 0 amide bonds. The van der Waals surface area contributed by atoms with E-state index in [2.05, 4.69) is 12.3 Å². The molecule has 0 aromatic heterocycles. The smallest absolute Gasteiger partial charge is 0.160 e. The lowest BCUT2D eigenvalue weighted by Crippen LogP contribution is -1.99. The van der Waals surface area contributed by atoms with Crippen LogP contribution in [0.1, 0.15) is 36.7 Å². The summed E-state index contributed by atoms with van der Waals surface area (Å²) in [6.07, 6.45) is 4.60. The molecule has 0 aliphatic rings. The summed E-state index contributed by atoms with van der Waals surface area (Å²) in [5.74, 6) is 2.30. The molecule has 4 heteroatoms. The molecule has 23 heavy (non-hydrogen) atoms. The summed E-state index contributed by atoms with van der Waals surface area (Å²) < 4.78 is 0. The van der Waals surface area contributed by atoms with Crippen LogP contribution in [-0.2, 0) is 0 Å². The number of Topliss-reactive ketones (excluding diaryl/α,β-unsaturated/α-hetero) is 1. The zero-order valence-corrected chi connectivity index (χ0v) is 14.3. The molecule has 0 spiro atoms. The van der Waals surface area contributed by atoms with Crippen molar-refractivity contribution in [3.63, 3.8) is 0 Å². The second-order valence-corrected chi connectivity index (χ2v) is 5.93. The Hall–Kier alpha value is -2.51. The fourth-order valence-electron chi connectivity index (χ4n) is 1.92. The highest BCUT2D eigenvalue weighted by Gasteiger charge is 2.09. The summed E-state index contributed by atoms with van der Waals surface area (Å²) in [5, 5.41) is 7.63.